The number of hydrogen-bond donors (Lipinski definition) is 1. The third-order valence-electron chi connectivity index (χ3n) is 5.06. The van der Waals surface area contributed by atoms with Gasteiger partial charge in [-0.3, -0.25) is 10.1 Å². The molecule has 3 aromatic carbocycles. The molecular weight excluding hydrogens is 521 g/mol. The number of anilines is 1. The Bertz CT molecular complexity index is 1450. The molecule has 0 saturated heterocycles. The van der Waals surface area contributed by atoms with Gasteiger partial charge in [0, 0.05) is 27.6 Å². The van der Waals surface area contributed by atoms with Crippen LogP contribution in [-0.4, -0.2) is 25.9 Å². The Morgan fingerprint density at radius 1 is 0.914 bits per heavy atom. The summed E-state index contributed by atoms with van der Waals surface area (Å²) in [5.74, 6) is 0.233. The SMILES string of the molecule is O=C(Nc1nnc(SCc2c(Cl)cccc2Cl)s1)c1cn(-c2ccccc2)nc1-c1ccccc1. The number of aromatic nitrogens is 4. The number of nitrogens with zero attached hydrogens (tertiary/aromatic N) is 4. The normalized spacial score (nSPS) is 10.9. The number of halogens is 2. The molecule has 0 saturated carbocycles. The monoisotopic (exact) mass is 537 g/mol. The third kappa shape index (κ3) is 5.41. The summed E-state index contributed by atoms with van der Waals surface area (Å²) in [6.07, 6.45) is 1.73. The van der Waals surface area contributed by atoms with E-state index in [4.69, 9.17) is 28.3 Å². The van der Waals surface area contributed by atoms with Crippen molar-refractivity contribution in [2.45, 2.75) is 10.1 Å². The van der Waals surface area contributed by atoms with Crippen molar-refractivity contribution in [3.05, 3.63) is 106 Å². The largest absolute Gasteiger partial charge is 0.296 e. The van der Waals surface area contributed by atoms with Gasteiger partial charge in [0.2, 0.25) is 5.13 Å². The van der Waals surface area contributed by atoms with Gasteiger partial charge in [-0.2, -0.15) is 5.10 Å². The van der Waals surface area contributed by atoms with E-state index in [1.165, 1.54) is 23.1 Å². The second kappa shape index (κ2) is 10.6. The Morgan fingerprint density at radius 3 is 2.31 bits per heavy atom. The lowest BCUT2D eigenvalue weighted by Crippen LogP contribution is -2.12. The minimum atomic E-state index is -0.312. The summed E-state index contributed by atoms with van der Waals surface area (Å²) in [5.41, 5.74) is 3.56. The molecule has 2 heterocycles. The molecule has 0 aliphatic carbocycles. The summed E-state index contributed by atoms with van der Waals surface area (Å²) in [7, 11) is 0. The van der Waals surface area contributed by atoms with Gasteiger partial charge in [0.1, 0.15) is 5.69 Å². The predicted molar refractivity (Wildman–Crippen MR) is 143 cm³/mol. The number of nitrogens with one attached hydrogen (secondary N) is 1. The fraction of sp³-hybridized carbons (Fsp3) is 0.0400. The number of hydrogen-bond acceptors (Lipinski definition) is 6. The number of carbonyl (C=O) groups excluding carboxylic acids is 1. The molecule has 5 aromatic rings. The van der Waals surface area contributed by atoms with E-state index in [0.29, 0.717) is 36.5 Å². The average Bonchev–Trinajstić information content (AvgIpc) is 3.52. The molecule has 0 atom stereocenters. The van der Waals surface area contributed by atoms with Crippen molar-refractivity contribution < 1.29 is 4.79 Å². The van der Waals surface area contributed by atoms with Crippen molar-refractivity contribution in [1.29, 1.82) is 0 Å². The quantitative estimate of drug-likeness (QED) is 0.175. The van der Waals surface area contributed by atoms with Crippen LogP contribution in [0.25, 0.3) is 16.9 Å². The highest BCUT2D eigenvalue weighted by Gasteiger charge is 2.20. The summed E-state index contributed by atoms with van der Waals surface area (Å²) in [6.45, 7) is 0. The van der Waals surface area contributed by atoms with Gasteiger partial charge < -0.3 is 0 Å². The molecule has 0 spiro atoms. The first-order valence-electron chi connectivity index (χ1n) is 10.5. The summed E-state index contributed by atoms with van der Waals surface area (Å²) in [6, 6.07) is 24.7. The zero-order valence-corrected chi connectivity index (χ0v) is 21.2. The summed E-state index contributed by atoms with van der Waals surface area (Å²) in [4.78, 5) is 13.3. The van der Waals surface area contributed by atoms with Crippen LogP contribution in [0, 0.1) is 0 Å². The van der Waals surface area contributed by atoms with Crippen molar-refractivity contribution in [2.75, 3.05) is 5.32 Å². The summed E-state index contributed by atoms with van der Waals surface area (Å²) >= 11 is 15.3. The van der Waals surface area contributed by atoms with E-state index in [2.05, 4.69) is 15.5 Å². The molecule has 35 heavy (non-hydrogen) atoms. The van der Waals surface area contributed by atoms with Crippen LogP contribution in [0.1, 0.15) is 15.9 Å². The maximum absolute atomic E-state index is 13.3. The second-order valence-electron chi connectivity index (χ2n) is 7.35. The van der Waals surface area contributed by atoms with Crippen LogP contribution in [0.2, 0.25) is 10.0 Å². The fourth-order valence-corrected chi connectivity index (χ4v) is 5.84. The molecule has 10 heteroatoms. The first-order valence-corrected chi connectivity index (χ1v) is 13.1. The third-order valence-corrected chi connectivity index (χ3v) is 7.76. The molecule has 1 N–H and O–H groups in total. The van der Waals surface area contributed by atoms with E-state index in [9.17, 15) is 4.79 Å². The summed E-state index contributed by atoms with van der Waals surface area (Å²) < 4.78 is 2.39. The lowest BCUT2D eigenvalue weighted by Gasteiger charge is -2.04. The smallest absolute Gasteiger partial charge is 0.261 e. The maximum Gasteiger partial charge on any atom is 0.261 e. The van der Waals surface area contributed by atoms with Crippen molar-refractivity contribution in [3.63, 3.8) is 0 Å². The Balaban J connectivity index is 1.36. The number of benzene rings is 3. The standard InChI is InChI=1S/C25H17Cl2N5OS2/c26-20-12-7-13-21(27)19(20)15-34-25-30-29-24(35-25)28-23(33)18-14-32(17-10-5-2-6-11-17)31-22(18)16-8-3-1-4-9-16/h1-14H,15H2,(H,28,29,33). The van der Waals surface area contributed by atoms with E-state index >= 15 is 0 Å². The number of para-hydroxylation sites is 1. The van der Waals surface area contributed by atoms with Gasteiger partial charge in [0.15, 0.2) is 4.34 Å². The molecule has 0 aliphatic heterocycles. The number of rotatable bonds is 7. The van der Waals surface area contributed by atoms with E-state index in [-0.39, 0.29) is 5.91 Å². The van der Waals surface area contributed by atoms with E-state index in [1.807, 2.05) is 60.7 Å². The first-order chi connectivity index (χ1) is 17.1. The Morgan fingerprint density at radius 2 is 1.60 bits per heavy atom. The van der Waals surface area contributed by atoms with Gasteiger partial charge in [-0.05, 0) is 29.8 Å². The van der Waals surface area contributed by atoms with Gasteiger partial charge >= 0.3 is 0 Å². The van der Waals surface area contributed by atoms with Gasteiger partial charge in [0.25, 0.3) is 5.91 Å². The first kappa shape index (κ1) is 23.6. The highest BCUT2D eigenvalue weighted by molar-refractivity contribution is 8.00. The molecule has 0 unspecified atom stereocenters. The summed E-state index contributed by atoms with van der Waals surface area (Å²) in [5, 5.41) is 17.5. The van der Waals surface area contributed by atoms with Gasteiger partial charge in [0.05, 0.1) is 11.3 Å². The molecule has 6 nitrogen and oxygen atoms in total. The zero-order chi connectivity index (χ0) is 24.2. The van der Waals surface area contributed by atoms with Crippen molar-refractivity contribution in [1.82, 2.24) is 20.0 Å². The van der Waals surface area contributed by atoms with Crippen LogP contribution < -0.4 is 5.32 Å². The molecule has 1 amide bonds. The maximum atomic E-state index is 13.3. The lowest BCUT2D eigenvalue weighted by molar-refractivity contribution is 0.102. The van der Waals surface area contributed by atoms with E-state index in [1.54, 1.807) is 29.1 Å². The van der Waals surface area contributed by atoms with Crippen molar-refractivity contribution in [2.24, 2.45) is 0 Å². The fourth-order valence-electron chi connectivity index (χ4n) is 3.35. The number of thioether (sulfide) groups is 1. The molecular formula is C25H17Cl2N5OS2. The van der Waals surface area contributed by atoms with E-state index in [0.717, 1.165) is 16.8 Å². The van der Waals surface area contributed by atoms with Crippen LogP contribution in [0.5, 0.6) is 0 Å². The van der Waals surface area contributed by atoms with Gasteiger partial charge in [-0.1, -0.05) is 101 Å². The number of carbonyl (C=O) groups is 1. The topological polar surface area (TPSA) is 72.7 Å². The number of amides is 1. The van der Waals surface area contributed by atoms with Crippen LogP contribution >= 0.6 is 46.3 Å². The molecule has 174 valence electrons. The molecule has 0 fully saturated rings. The van der Waals surface area contributed by atoms with Crippen LogP contribution in [0.3, 0.4) is 0 Å². The van der Waals surface area contributed by atoms with Crippen molar-refractivity contribution in [3.8, 4) is 16.9 Å². The molecule has 0 bridgehead atoms. The predicted octanol–water partition coefficient (Wildman–Crippen LogP) is 7.24. The molecule has 0 radical (unpaired) electrons. The van der Waals surface area contributed by atoms with Gasteiger partial charge in [-0.15, -0.1) is 10.2 Å². The highest BCUT2D eigenvalue weighted by Crippen LogP contribution is 2.34. The van der Waals surface area contributed by atoms with Crippen LogP contribution in [0.4, 0.5) is 5.13 Å². The lowest BCUT2D eigenvalue weighted by atomic mass is 10.1. The molecule has 2 aromatic heterocycles. The van der Waals surface area contributed by atoms with Crippen molar-refractivity contribution >= 4 is 57.3 Å². The van der Waals surface area contributed by atoms with E-state index < -0.39 is 0 Å². The Labute approximate surface area is 219 Å². The Hall–Kier alpha value is -3.17. The average molecular weight is 538 g/mol. The Kier molecular flexibility index (Phi) is 7.15. The minimum Gasteiger partial charge on any atom is -0.296 e. The molecule has 5 rings (SSSR count). The highest BCUT2D eigenvalue weighted by atomic mass is 35.5. The second-order valence-corrected chi connectivity index (χ2v) is 10.4. The van der Waals surface area contributed by atoms with Gasteiger partial charge in [-0.25, -0.2) is 4.68 Å². The zero-order valence-electron chi connectivity index (χ0n) is 18.1. The van der Waals surface area contributed by atoms with Crippen LogP contribution in [-0.2, 0) is 5.75 Å². The van der Waals surface area contributed by atoms with Crippen LogP contribution in [0.15, 0.2) is 89.4 Å². The minimum absolute atomic E-state index is 0.312. The molecule has 0 aliphatic rings.